The minimum atomic E-state index is 0.687. The lowest BCUT2D eigenvalue weighted by atomic mass is 9.93. The van der Waals surface area contributed by atoms with Crippen molar-refractivity contribution in [2.75, 3.05) is 6.54 Å². The quantitative estimate of drug-likeness (QED) is 0.845. The number of fused-ring (bicyclic) bond motifs is 1. The largest absolute Gasteiger partial charge is 0.326 e. The van der Waals surface area contributed by atoms with Crippen molar-refractivity contribution in [3.05, 3.63) is 34.9 Å². The Kier molecular flexibility index (Phi) is 3.17. The highest BCUT2D eigenvalue weighted by Gasteiger charge is 2.26. The van der Waals surface area contributed by atoms with Crippen molar-refractivity contribution in [1.29, 1.82) is 0 Å². The lowest BCUT2D eigenvalue weighted by Gasteiger charge is -2.34. The molecule has 0 unspecified atom stereocenters. The third-order valence-corrected chi connectivity index (χ3v) is 4.45. The summed E-state index contributed by atoms with van der Waals surface area (Å²) >= 11 is 0. The molecule has 0 bridgehead atoms. The average molecular weight is 230 g/mol. The van der Waals surface area contributed by atoms with Crippen LogP contribution in [0.15, 0.2) is 18.2 Å². The van der Waals surface area contributed by atoms with Gasteiger partial charge in [-0.25, -0.2) is 0 Å². The number of nitrogens with zero attached hydrogens (tertiary/aromatic N) is 1. The summed E-state index contributed by atoms with van der Waals surface area (Å²) in [7, 11) is 0. The van der Waals surface area contributed by atoms with Crippen molar-refractivity contribution in [2.45, 2.75) is 51.2 Å². The van der Waals surface area contributed by atoms with Crippen LogP contribution < -0.4 is 5.73 Å². The number of rotatable bonds is 2. The molecule has 1 aromatic rings. The summed E-state index contributed by atoms with van der Waals surface area (Å²) < 4.78 is 0. The van der Waals surface area contributed by atoms with Crippen LogP contribution in [0.25, 0.3) is 0 Å². The molecule has 0 atom stereocenters. The molecular weight excluding hydrogens is 208 g/mol. The fourth-order valence-corrected chi connectivity index (χ4v) is 3.48. The lowest BCUT2D eigenvalue weighted by molar-refractivity contribution is 0.181. The Morgan fingerprint density at radius 3 is 2.82 bits per heavy atom. The Morgan fingerprint density at radius 1 is 1.24 bits per heavy atom. The van der Waals surface area contributed by atoms with Gasteiger partial charge < -0.3 is 5.73 Å². The molecule has 2 aliphatic rings. The Morgan fingerprint density at radius 2 is 2.06 bits per heavy atom. The molecule has 1 saturated carbocycles. The van der Waals surface area contributed by atoms with Crippen LogP contribution in [0, 0.1) is 0 Å². The van der Waals surface area contributed by atoms with E-state index in [-0.39, 0.29) is 0 Å². The first-order valence-electron chi connectivity index (χ1n) is 6.92. The predicted molar refractivity (Wildman–Crippen MR) is 70.7 cm³/mol. The monoisotopic (exact) mass is 230 g/mol. The van der Waals surface area contributed by atoms with Gasteiger partial charge in [0.1, 0.15) is 0 Å². The molecule has 2 N–H and O–H groups in total. The van der Waals surface area contributed by atoms with E-state index in [1.807, 2.05) is 0 Å². The minimum Gasteiger partial charge on any atom is -0.326 e. The lowest BCUT2D eigenvalue weighted by Crippen LogP contribution is -2.38. The highest BCUT2D eigenvalue weighted by Crippen LogP contribution is 2.29. The summed E-state index contributed by atoms with van der Waals surface area (Å²) in [5.74, 6) is 0. The Hall–Kier alpha value is -0.860. The molecule has 1 aliphatic heterocycles. The summed E-state index contributed by atoms with van der Waals surface area (Å²) in [6.07, 6.45) is 6.87. The van der Waals surface area contributed by atoms with E-state index >= 15 is 0 Å². The number of hydrogen-bond acceptors (Lipinski definition) is 2. The van der Waals surface area contributed by atoms with Crippen LogP contribution in [-0.4, -0.2) is 17.5 Å². The first-order chi connectivity index (χ1) is 8.38. The average Bonchev–Trinajstić information content (AvgIpc) is 2.91. The molecule has 0 amide bonds. The zero-order valence-electron chi connectivity index (χ0n) is 10.5. The van der Waals surface area contributed by atoms with E-state index in [1.54, 1.807) is 0 Å². The first-order valence-corrected chi connectivity index (χ1v) is 6.92. The van der Waals surface area contributed by atoms with E-state index in [0.29, 0.717) is 6.54 Å². The third-order valence-electron chi connectivity index (χ3n) is 4.45. The second kappa shape index (κ2) is 4.79. The van der Waals surface area contributed by atoms with E-state index < -0.39 is 0 Å². The smallest absolute Gasteiger partial charge is 0.0239 e. The number of benzene rings is 1. The molecule has 1 aromatic carbocycles. The van der Waals surface area contributed by atoms with E-state index in [1.165, 1.54) is 55.3 Å². The summed E-state index contributed by atoms with van der Waals surface area (Å²) in [6, 6.07) is 7.49. The van der Waals surface area contributed by atoms with Crippen molar-refractivity contribution in [1.82, 2.24) is 4.90 Å². The van der Waals surface area contributed by atoms with Crippen molar-refractivity contribution < 1.29 is 0 Å². The fourth-order valence-electron chi connectivity index (χ4n) is 3.48. The first kappa shape index (κ1) is 11.2. The minimum absolute atomic E-state index is 0.687. The van der Waals surface area contributed by atoms with E-state index in [4.69, 9.17) is 5.73 Å². The standard InChI is InChI=1S/C15H22N2/c16-10-12-4-3-5-13-11-17(9-8-15(12)13)14-6-1-2-7-14/h3-5,14H,1-2,6-11,16H2. The molecule has 17 heavy (non-hydrogen) atoms. The Labute approximate surface area is 104 Å². The van der Waals surface area contributed by atoms with Gasteiger partial charge in [-0.05, 0) is 36.0 Å². The summed E-state index contributed by atoms with van der Waals surface area (Å²) in [6.45, 7) is 3.06. The maximum atomic E-state index is 5.82. The van der Waals surface area contributed by atoms with Crippen molar-refractivity contribution in [3.63, 3.8) is 0 Å². The molecule has 2 heteroatoms. The highest BCUT2D eigenvalue weighted by molar-refractivity contribution is 5.37. The molecule has 1 heterocycles. The summed E-state index contributed by atoms with van der Waals surface area (Å²) in [5, 5.41) is 0. The van der Waals surface area contributed by atoms with Gasteiger partial charge in [-0.15, -0.1) is 0 Å². The van der Waals surface area contributed by atoms with Crippen molar-refractivity contribution in [2.24, 2.45) is 5.73 Å². The molecule has 0 aromatic heterocycles. The molecule has 0 saturated heterocycles. The van der Waals surface area contributed by atoms with Gasteiger partial charge in [0, 0.05) is 25.7 Å². The van der Waals surface area contributed by atoms with E-state index in [2.05, 4.69) is 23.1 Å². The van der Waals surface area contributed by atoms with Gasteiger partial charge in [-0.1, -0.05) is 31.0 Å². The zero-order valence-corrected chi connectivity index (χ0v) is 10.5. The van der Waals surface area contributed by atoms with Crippen LogP contribution in [0.4, 0.5) is 0 Å². The van der Waals surface area contributed by atoms with Gasteiger partial charge in [0.25, 0.3) is 0 Å². The number of hydrogen-bond donors (Lipinski definition) is 1. The van der Waals surface area contributed by atoms with Gasteiger partial charge in [0.15, 0.2) is 0 Å². The molecule has 3 rings (SSSR count). The Balaban J connectivity index is 1.80. The summed E-state index contributed by atoms with van der Waals surface area (Å²) in [5.41, 5.74) is 10.2. The second-order valence-corrected chi connectivity index (χ2v) is 5.42. The topological polar surface area (TPSA) is 29.3 Å². The molecule has 1 fully saturated rings. The maximum Gasteiger partial charge on any atom is 0.0239 e. The molecule has 1 aliphatic carbocycles. The second-order valence-electron chi connectivity index (χ2n) is 5.42. The zero-order chi connectivity index (χ0) is 11.7. The number of nitrogens with two attached hydrogens (primary N) is 1. The van der Waals surface area contributed by atoms with Crippen molar-refractivity contribution in [3.8, 4) is 0 Å². The molecule has 0 radical (unpaired) electrons. The molecule has 92 valence electrons. The van der Waals surface area contributed by atoms with E-state index in [9.17, 15) is 0 Å². The SMILES string of the molecule is NCc1cccc2c1CCN(C1CCCC1)C2. The van der Waals surface area contributed by atoms with Crippen LogP contribution in [0.3, 0.4) is 0 Å². The van der Waals surface area contributed by atoms with Crippen LogP contribution in [0.5, 0.6) is 0 Å². The van der Waals surface area contributed by atoms with Crippen LogP contribution in [0.1, 0.15) is 42.4 Å². The maximum absolute atomic E-state index is 5.82. The highest BCUT2D eigenvalue weighted by atomic mass is 15.2. The molecular formula is C15H22N2. The van der Waals surface area contributed by atoms with Crippen LogP contribution >= 0.6 is 0 Å². The van der Waals surface area contributed by atoms with Crippen LogP contribution in [-0.2, 0) is 19.5 Å². The van der Waals surface area contributed by atoms with Gasteiger partial charge in [-0.2, -0.15) is 0 Å². The Bertz CT molecular complexity index is 394. The summed E-state index contributed by atoms with van der Waals surface area (Å²) in [4.78, 5) is 2.69. The fraction of sp³-hybridized carbons (Fsp3) is 0.600. The molecule has 2 nitrogen and oxygen atoms in total. The van der Waals surface area contributed by atoms with Gasteiger partial charge in [-0.3, -0.25) is 4.90 Å². The third kappa shape index (κ3) is 2.12. The van der Waals surface area contributed by atoms with Crippen LogP contribution in [0.2, 0.25) is 0 Å². The van der Waals surface area contributed by atoms with Gasteiger partial charge in [0.05, 0.1) is 0 Å². The van der Waals surface area contributed by atoms with Gasteiger partial charge in [0.2, 0.25) is 0 Å². The normalized spacial score (nSPS) is 21.7. The van der Waals surface area contributed by atoms with E-state index in [0.717, 1.165) is 12.6 Å². The molecule has 0 spiro atoms. The van der Waals surface area contributed by atoms with Gasteiger partial charge >= 0.3 is 0 Å². The predicted octanol–water partition coefficient (Wildman–Crippen LogP) is 2.45. The van der Waals surface area contributed by atoms with Crippen molar-refractivity contribution >= 4 is 0 Å².